The topological polar surface area (TPSA) is 125 Å². The van der Waals surface area contributed by atoms with Gasteiger partial charge in [0.1, 0.15) is 17.7 Å². The van der Waals surface area contributed by atoms with Crippen molar-refractivity contribution in [1.29, 1.82) is 0 Å². The molecule has 0 aromatic carbocycles. The largest absolute Gasteiger partial charge is 0.480 e. The van der Waals surface area contributed by atoms with Crippen LogP contribution in [0.2, 0.25) is 0 Å². The molecule has 1 rings (SSSR count). The first-order valence-corrected chi connectivity index (χ1v) is 12.5. The zero-order valence-electron chi connectivity index (χ0n) is 20.1. The van der Waals surface area contributed by atoms with Crippen LogP contribution in [0.15, 0.2) is 0 Å². The molecule has 0 aliphatic carbocycles. The molecule has 0 aromatic rings. The standard InChI is InChI=1S/C22H39N3O6S/c1-14(2)13-17(20(28)29)23-18(26)15-7-10-25(11-8-15)19(27)16(9-12-32-6)24-21(30)31-22(3,4)5/h14-17H,7-13H2,1-6H3,(H,23,26)(H,24,30)(H,28,29). The second-order valence-corrected chi connectivity index (χ2v) is 10.6. The third-order valence-electron chi connectivity index (χ3n) is 5.10. The molecule has 32 heavy (non-hydrogen) atoms. The lowest BCUT2D eigenvalue weighted by Gasteiger charge is -2.34. The molecule has 0 radical (unpaired) electrons. The summed E-state index contributed by atoms with van der Waals surface area (Å²) in [6.07, 6.45) is 3.06. The quantitative estimate of drug-likeness (QED) is 0.445. The van der Waals surface area contributed by atoms with Crippen molar-refractivity contribution in [2.45, 2.75) is 78.0 Å². The highest BCUT2D eigenvalue weighted by Gasteiger charge is 2.33. The lowest BCUT2D eigenvalue weighted by Crippen LogP contribution is -2.53. The Balaban J connectivity index is 2.67. The Morgan fingerprint density at radius 1 is 1.09 bits per heavy atom. The summed E-state index contributed by atoms with van der Waals surface area (Å²) >= 11 is 1.59. The molecule has 0 bridgehead atoms. The number of rotatable bonds is 10. The van der Waals surface area contributed by atoms with Crippen molar-refractivity contribution in [3.05, 3.63) is 0 Å². The van der Waals surface area contributed by atoms with Crippen LogP contribution >= 0.6 is 11.8 Å². The molecular weight excluding hydrogens is 434 g/mol. The molecule has 9 nitrogen and oxygen atoms in total. The Morgan fingerprint density at radius 3 is 2.16 bits per heavy atom. The highest BCUT2D eigenvalue weighted by molar-refractivity contribution is 7.98. The molecule has 3 amide bonds. The van der Waals surface area contributed by atoms with Gasteiger partial charge in [0.2, 0.25) is 11.8 Å². The summed E-state index contributed by atoms with van der Waals surface area (Å²) in [7, 11) is 0. The normalized spacial score (nSPS) is 16.9. The smallest absolute Gasteiger partial charge is 0.408 e. The number of carbonyl (C=O) groups is 4. The highest BCUT2D eigenvalue weighted by atomic mass is 32.2. The minimum absolute atomic E-state index is 0.145. The summed E-state index contributed by atoms with van der Waals surface area (Å²) in [5.41, 5.74) is -0.660. The lowest BCUT2D eigenvalue weighted by atomic mass is 9.94. The van der Waals surface area contributed by atoms with Crippen molar-refractivity contribution in [2.24, 2.45) is 11.8 Å². The van der Waals surface area contributed by atoms with E-state index in [2.05, 4.69) is 10.6 Å². The fourth-order valence-corrected chi connectivity index (χ4v) is 3.98. The van der Waals surface area contributed by atoms with Crippen LogP contribution in [0.25, 0.3) is 0 Å². The molecule has 2 atom stereocenters. The van der Waals surface area contributed by atoms with Crippen LogP contribution in [0.5, 0.6) is 0 Å². The second-order valence-electron chi connectivity index (χ2n) is 9.61. The van der Waals surface area contributed by atoms with Crippen molar-refractivity contribution in [2.75, 3.05) is 25.1 Å². The fourth-order valence-electron chi connectivity index (χ4n) is 3.51. The monoisotopic (exact) mass is 473 g/mol. The fraction of sp³-hybridized carbons (Fsp3) is 0.818. The number of ether oxygens (including phenoxy) is 1. The number of nitrogens with one attached hydrogen (secondary N) is 2. The first-order chi connectivity index (χ1) is 14.8. The number of aliphatic carboxylic acids is 1. The molecule has 1 fully saturated rings. The van der Waals surface area contributed by atoms with Gasteiger partial charge in [0, 0.05) is 19.0 Å². The predicted octanol–water partition coefficient (Wildman–Crippen LogP) is 2.49. The number of carboxylic acids is 1. The third kappa shape index (κ3) is 10.1. The Bertz CT molecular complexity index is 657. The van der Waals surface area contributed by atoms with E-state index in [1.807, 2.05) is 20.1 Å². The van der Waals surface area contributed by atoms with Gasteiger partial charge in [0.15, 0.2) is 0 Å². The van der Waals surface area contributed by atoms with Gasteiger partial charge in [-0.1, -0.05) is 13.8 Å². The number of hydrogen-bond acceptors (Lipinski definition) is 6. The van der Waals surface area contributed by atoms with E-state index < -0.39 is 29.7 Å². The zero-order valence-corrected chi connectivity index (χ0v) is 20.9. The third-order valence-corrected chi connectivity index (χ3v) is 5.74. The van der Waals surface area contributed by atoms with Gasteiger partial charge in [-0.3, -0.25) is 9.59 Å². The summed E-state index contributed by atoms with van der Waals surface area (Å²) in [5.74, 6) is -0.993. The molecule has 3 N–H and O–H groups in total. The van der Waals surface area contributed by atoms with Gasteiger partial charge in [-0.2, -0.15) is 11.8 Å². The van der Waals surface area contributed by atoms with Gasteiger partial charge in [-0.15, -0.1) is 0 Å². The van der Waals surface area contributed by atoms with Crippen molar-refractivity contribution < 1.29 is 29.0 Å². The van der Waals surface area contributed by atoms with E-state index in [9.17, 15) is 24.3 Å². The molecule has 0 aromatic heterocycles. The molecule has 2 unspecified atom stereocenters. The average molecular weight is 474 g/mol. The number of likely N-dealkylation sites (tertiary alicyclic amines) is 1. The van der Waals surface area contributed by atoms with Crippen molar-refractivity contribution in [3.8, 4) is 0 Å². The van der Waals surface area contributed by atoms with E-state index in [-0.39, 0.29) is 23.7 Å². The van der Waals surface area contributed by atoms with Crippen LogP contribution in [0, 0.1) is 11.8 Å². The number of hydrogen-bond donors (Lipinski definition) is 3. The molecule has 1 aliphatic heterocycles. The van der Waals surface area contributed by atoms with Gasteiger partial charge in [0.05, 0.1) is 0 Å². The average Bonchev–Trinajstić information content (AvgIpc) is 2.68. The maximum absolute atomic E-state index is 13.0. The van der Waals surface area contributed by atoms with E-state index in [1.165, 1.54) is 0 Å². The van der Waals surface area contributed by atoms with E-state index in [1.54, 1.807) is 37.4 Å². The summed E-state index contributed by atoms with van der Waals surface area (Å²) in [4.78, 5) is 50.9. The predicted molar refractivity (Wildman–Crippen MR) is 124 cm³/mol. The van der Waals surface area contributed by atoms with Gasteiger partial charge < -0.3 is 25.4 Å². The van der Waals surface area contributed by atoms with Crippen molar-refractivity contribution in [3.63, 3.8) is 0 Å². The summed E-state index contributed by atoms with van der Waals surface area (Å²) in [6.45, 7) is 9.86. The Morgan fingerprint density at radius 2 is 1.69 bits per heavy atom. The van der Waals surface area contributed by atoms with Gasteiger partial charge in [-0.25, -0.2) is 9.59 Å². The molecule has 1 aliphatic rings. The number of carboxylic acid groups (broad SMARTS) is 1. The molecule has 184 valence electrons. The second kappa shape index (κ2) is 12.9. The maximum Gasteiger partial charge on any atom is 0.408 e. The molecule has 10 heteroatoms. The molecule has 0 spiro atoms. The van der Waals surface area contributed by atoms with Crippen LogP contribution in [0.4, 0.5) is 4.79 Å². The Kier molecular flexibility index (Phi) is 11.3. The van der Waals surface area contributed by atoms with E-state index in [0.29, 0.717) is 44.5 Å². The first-order valence-electron chi connectivity index (χ1n) is 11.1. The number of amides is 3. The lowest BCUT2D eigenvalue weighted by molar-refractivity contribution is -0.143. The number of alkyl carbamates (subject to hydrolysis) is 1. The highest BCUT2D eigenvalue weighted by Crippen LogP contribution is 2.20. The van der Waals surface area contributed by atoms with Gasteiger partial charge in [-0.05, 0) is 64.4 Å². The van der Waals surface area contributed by atoms with Crippen LogP contribution in [-0.4, -0.2) is 76.7 Å². The number of carbonyl (C=O) groups excluding carboxylic acids is 3. The summed E-state index contributed by atoms with van der Waals surface area (Å²) in [5, 5.41) is 14.7. The summed E-state index contributed by atoms with van der Waals surface area (Å²) in [6, 6.07) is -1.60. The van der Waals surface area contributed by atoms with Crippen LogP contribution in [0.1, 0.15) is 60.3 Å². The number of nitrogens with zero attached hydrogens (tertiary/aromatic N) is 1. The van der Waals surface area contributed by atoms with Crippen molar-refractivity contribution >= 4 is 35.6 Å². The SMILES string of the molecule is CSCCC(NC(=O)OC(C)(C)C)C(=O)N1CCC(C(=O)NC(CC(C)C)C(=O)O)CC1. The van der Waals surface area contributed by atoms with Gasteiger partial charge in [0.25, 0.3) is 0 Å². The Hall–Kier alpha value is -1.97. The van der Waals surface area contributed by atoms with Crippen molar-refractivity contribution in [1.82, 2.24) is 15.5 Å². The summed E-state index contributed by atoms with van der Waals surface area (Å²) < 4.78 is 5.29. The zero-order chi connectivity index (χ0) is 24.5. The van der Waals surface area contributed by atoms with Crippen LogP contribution < -0.4 is 10.6 Å². The molecule has 1 saturated heterocycles. The van der Waals surface area contributed by atoms with Crippen LogP contribution in [0.3, 0.4) is 0 Å². The van der Waals surface area contributed by atoms with E-state index in [4.69, 9.17) is 4.74 Å². The first kappa shape index (κ1) is 28.1. The van der Waals surface area contributed by atoms with Gasteiger partial charge >= 0.3 is 12.1 Å². The minimum Gasteiger partial charge on any atom is -0.480 e. The molecule has 1 heterocycles. The molecule has 0 saturated carbocycles. The Labute approximate surface area is 195 Å². The van der Waals surface area contributed by atoms with E-state index >= 15 is 0 Å². The number of thioether (sulfide) groups is 1. The maximum atomic E-state index is 13.0. The van der Waals surface area contributed by atoms with Crippen LogP contribution in [-0.2, 0) is 19.1 Å². The molecular formula is C22H39N3O6S. The number of piperidine rings is 1. The minimum atomic E-state index is -1.04. The van der Waals surface area contributed by atoms with E-state index in [0.717, 1.165) is 0 Å².